The quantitative estimate of drug-likeness (QED) is 0.908. The summed E-state index contributed by atoms with van der Waals surface area (Å²) in [4.78, 5) is 12.6. The van der Waals surface area contributed by atoms with Crippen molar-refractivity contribution in [1.82, 2.24) is 14.8 Å². The van der Waals surface area contributed by atoms with Crippen molar-refractivity contribution in [2.45, 2.75) is 51.6 Å². The lowest BCUT2D eigenvalue weighted by Crippen LogP contribution is -2.57. The summed E-state index contributed by atoms with van der Waals surface area (Å²) in [6.07, 6.45) is -4.80. The van der Waals surface area contributed by atoms with Crippen molar-refractivity contribution < 1.29 is 23.1 Å². The number of carbonyl (C=O) groups excluding carboxylic acids is 1. The van der Waals surface area contributed by atoms with Gasteiger partial charge in [-0.1, -0.05) is 18.5 Å². The van der Waals surface area contributed by atoms with E-state index in [1.807, 2.05) is 0 Å². The van der Waals surface area contributed by atoms with Gasteiger partial charge in [0.2, 0.25) is 0 Å². The topological polar surface area (TPSA) is 70.7 Å². The second-order valence-corrected chi connectivity index (χ2v) is 5.70. The van der Waals surface area contributed by atoms with E-state index in [-0.39, 0.29) is 11.4 Å². The van der Waals surface area contributed by atoms with Crippen LogP contribution in [0.2, 0.25) is 5.02 Å². The summed E-state index contributed by atoms with van der Waals surface area (Å²) >= 11 is 6.03. The van der Waals surface area contributed by atoms with Gasteiger partial charge in [-0.05, 0) is 20.3 Å². The molecule has 0 saturated heterocycles. The van der Waals surface area contributed by atoms with Gasteiger partial charge in [-0.2, -0.15) is 28.4 Å². The number of aryl methyl sites for hydroxylation is 1. The van der Waals surface area contributed by atoms with Gasteiger partial charge in [0, 0.05) is 12.6 Å². The number of halogens is 4. The SMILES string of the molecule is CC[C@H](C(=O)N1N=CC[C@]1(O)C(F)(F)F)n1nc(C)c(Cl)c1C. The summed E-state index contributed by atoms with van der Waals surface area (Å²) in [5.74, 6) is -0.997. The van der Waals surface area contributed by atoms with E-state index in [9.17, 15) is 23.1 Å². The summed E-state index contributed by atoms with van der Waals surface area (Å²) in [6, 6.07) is -1.05. The van der Waals surface area contributed by atoms with Crippen LogP contribution in [0.25, 0.3) is 0 Å². The van der Waals surface area contributed by atoms with Crippen LogP contribution in [-0.2, 0) is 4.79 Å². The molecule has 2 atom stereocenters. The smallest absolute Gasteiger partial charge is 0.362 e. The van der Waals surface area contributed by atoms with Crippen LogP contribution in [0, 0.1) is 13.8 Å². The Morgan fingerprint density at radius 3 is 2.57 bits per heavy atom. The third-order valence-corrected chi connectivity index (χ3v) is 4.34. The molecule has 0 unspecified atom stereocenters. The molecule has 23 heavy (non-hydrogen) atoms. The van der Waals surface area contributed by atoms with Crippen molar-refractivity contribution in [1.29, 1.82) is 0 Å². The largest absolute Gasteiger partial charge is 0.438 e. The Labute approximate surface area is 135 Å². The molecule has 0 bridgehead atoms. The summed E-state index contributed by atoms with van der Waals surface area (Å²) in [7, 11) is 0. The van der Waals surface area contributed by atoms with Crippen molar-refractivity contribution >= 4 is 23.7 Å². The zero-order chi connectivity index (χ0) is 17.6. The lowest BCUT2D eigenvalue weighted by molar-refractivity contribution is -0.303. The fourth-order valence-electron chi connectivity index (χ4n) is 2.45. The normalized spacial score (nSPS) is 22.7. The van der Waals surface area contributed by atoms with Gasteiger partial charge in [0.25, 0.3) is 11.6 Å². The Hall–Kier alpha value is -1.61. The molecular weight excluding hydrogens is 337 g/mol. The number of rotatable bonds is 3. The zero-order valence-corrected chi connectivity index (χ0v) is 13.5. The number of hydrazone groups is 1. The first-order valence-electron chi connectivity index (χ1n) is 6.91. The van der Waals surface area contributed by atoms with Crippen LogP contribution in [0.15, 0.2) is 5.10 Å². The number of aromatic nitrogens is 2. The first-order chi connectivity index (χ1) is 10.5. The summed E-state index contributed by atoms with van der Waals surface area (Å²) in [5.41, 5.74) is -2.41. The monoisotopic (exact) mass is 352 g/mol. The summed E-state index contributed by atoms with van der Waals surface area (Å²) in [6.45, 7) is 4.87. The van der Waals surface area contributed by atoms with Gasteiger partial charge >= 0.3 is 6.18 Å². The Bertz CT molecular complexity index is 658. The highest BCUT2D eigenvalue weighted by Crippen LogP contribution is 2.40. The molecule has 1 aromatic rings. The fraction of sp³-hybridized carbons (Fsp3) is 0.615. The van der Waals surface area contributed by atoms with Gasteiger partial charge in [0.1, 0.15) is 6.04 Å². The Morgan fingerprint density at radius 2 is 2.13 bits per heavy atom. The lowest BCUT2D eigenvalue weighted by Gasteiger charge is -2.34. The van der Waals surface area contributed by atoms with Gasteiger partial charge in [-0.3, -0.25) is 9.48 Å². The van der Waals surface area contributed by atoms with Gasteiger partial charge in [0.05, 0.1) is 16.4 Å². The second-order valence-electron chi connectivity index (χ2n) is 5.32. The zero-order valence-electron chi connectivity index (χ0n) is 12.7. The number of alkyl halides is 3. The molecule has 0 spiro atoms. The molecule has 1 aromatic heterocycles. The molecule has 1 aliphatic rings. The van der Waals surface area contributed by atoms with Crippen LogP contribution in [0.1, 0.15) is 37.2 Å². The minimum atomic E-state index is -5.02. The predicted molar refractivity (Wildman–Crippen MR) is 77.0 cm³/mol. The predicted octanol–water partition coefficient (Wildman–Crippen LogP) is 2.57. The molecule has 2 rings (SSSR count). The van der Waals surface area contributed by atoms with Crippen LogP contribution >= 0.6 is 11.6 Å². The molecule has 0 aromatic carbocycles. The average molecular weight is 353 g/mol. The highest BCUT2D eigenvalue weighted by atomic mass is 35.5. The van der Waals surface area contributed by atoms with E-state index in [1.165, 1.54) is 4.68 Å². The maximum Gasteiger partial charge on any atom is 0.438 e. The van der Waals surface area contributed by atoms with Gasteiger partial charge in [-0.25, -0.2) is 0 Å². The Balaban J connectivity index is 2.41. The first kappa shape index (κ1) is 17.7. The third kappa shape index (κ3) is 2.72. The highest BCUT2D eigenvalue weighted by molar-refractivity contribution is 6.31. The number of hydrogen-bond donors (Lipinski definition) is 1. The number of amides is 1. The molecule has 1 aliphatic heterocycles. The van der Waals surface area contributed by atoms with Crippen LogP contribution in [0.4, 0.5) is 13.2 Å². The van der Waals surface area contributed by atoms with Gasteiger partial charge < -0.3 is 5.11 Å². The van der Waals surface area contributed by atoms with Crippen LogP contribution < -0.4 is 0 Å². The van der Waals surface area contributed by atoms with Crippen LogP contribution in [0.5, 0.6) is 0 Å². The molecule has 1 amide bonds. The molecule has 0 fully saturated rings. The van der Waals surface area contributed by atoms with E-state index in [1.54, 1.807) is 20.8 Å². The van der Waals surface area contributed by atoms with Gasteiger partial charge in [0.15, 0.2) is 0 Å². The molecule has 10 heteroatoms. The average Bonchev–Trinajstić information content (AvgIpc) is 2.97. The molecule has 0 aliphatic carbocycles. The minimum absolute atomic E-state index is 0.0888. The maximum absolute atomic E-state index is 13.1. The molecule has 6 nitrogen and oxygen atoms in total. The van der Waals surface area contributed by atoms with Crippen molar-refractivity contribution in [3.8, 4) is 0 Å². The Kier molecular flexibility index (Phi) is 4.46. The maximum atomic E-state index is 13.1. The van der Waals surface area contributed by atoms with E-state index >= 15 is 0 Å². The lowest BCUT2D eigenvalue weighted by atomic mass is 10.1. The van der Waals surface area contributed by atoms with Crippen molar-refractivity contribution in [3.05, 3.63) is 16.4 Å². The number of nitrogens with zero attached hydrogens (tertiary/aromatic N) is 4. The molecule has 128 valence electrons. The molecule has 1 N–H and O–H groups in total. The van der Waals surface area contributed by atoms with E-state index in [2.05, 4.69) is 10.2 Å². The van der Waals surface area contributed by atoms with E-state index in [4.69, 9.17) is 11.6 Å². The molecule has 0 saturated carbocycles. The van der Waals surface area contributed by atoms with E-state index < -0.39 is 30.3 Å². The Morgan fingerprint density at radius 1 is 1.52 bits per heavy atom. The highest BCUT2D eigenvalue weighted by Gasteiger charge is 2.62. The minimum Gasteiger partial charge on any atom is -0.362 e. The third-order valence-electron chi connectivity index (χ3n) is 3.79. The fourth-order valence-corrected chi connectivity index (χ4v) is 2.57. The van der Waals surface area contributed by atoms with Crippen LogP contribution in [-0.4, -0.2) is 43.9 Å². The van der Waals surface area contributed by atoms with E-state index in [0.29, 0.717) is 16.4 Å². The number of hydrogen-bond acceptors (Lipinski definition) is 4. The summed E-state index contributed by atoms with van der Waals surface area (Å²) < 4.78 is 40.6. The van der Waals surface area contributed by atoms with E-state index in [0.717, 1.165) is 6.21 Å². The van der Waals surface area contributed by atoms with Crippen molar-refractivity contribution in [3.63, 3.8) is 0 Å². The second kappa shape index (κ2) is 5.79. The van der Waals surface area contributed by atoms with Crippen LogP contribution in [0.3, 0.4) is 0 Å². The van der Waals surface area contributed by atoms with Gasteiger partial charge in [-0.15, -0.1) is 0 Å². The standard InChI is InChI=1S/C13H16ClF3N4O2/c1-4-9(20-8(3)10(14)7(2)19-20)11(22)21-12(23,5-6-18-21)13(15,16)17/h6,9,23H,4-5H2,1-3H3/t9-,12+/m1/s1. The summed E-state index contributed by atoms with van der Waals surface area (Å²) in [5, 5.41) is 17.8. The number of aliphatic hydroxyl groups is 1. The molecule has 0 radical (unpaired) electrons. The first-order valence-corrected chi connectivity index (χ1v) is 7.29. The molecule has 2 heterocycles. The van der Waals surface area contributed by atoms with Crippen molar-refractivity contribution in [2.24, 2.45) is 5.10 Å². The number of carbonyl (C=O) groups is 1. The molecular formula is C13H16ClF3N4O2. The van der Waals surface area contributed by atoms with Crippen molar-refractivity contribution in [2.75, 3.05) is 0 Å².